The van der Waals surface area contributed by atoms with E-state index >= 15 is 0 Å². The van der Waals surface area contributed by atoms with Gasteiger partial charge in [-0.05, 0) is 74.7 Å². The number of nitrogen functional groups attached to an aromatic ring is 1. The molecule has 0 saturated heterocycles. The smallest absolute Gasteiger partial charge is 0.262 e. The first-order valence-corrected chi connectivity index (χ1v) is 9.19. The molecule has 0 radical (unpaired) electrons. The zero-order chi connectivity index (χ0) is 15.8. The van der Waals surface area contributed by atoms with E-state index in [1.165, 1.54) is 6.07 Å². The number of nitrogens with one attached hydrogen (secondary N) is 1. The van der Waals surface area contributed by atoms with Gasteiger partial charge < -0.3 is 5.73 Å². The van der Waals surface area contributed by atoms with Crippen LogP contribution in [0.2, 0.25) is 5.02 Å². The summed E-state index contributed by atoms with van der Waals surface area (Å²) in [5.74, 6) is 0. The molecule has 0 aromatic heterocycles. The van der Waals surface area contributed by atoms with Crippen molar-refractivity contribution in [2.45, 2.75) is 11.8 Å². The predicted octanol–water partition coefficient (Wildman–Crippen LogP) is 4.56. The minimum absolute atomic E-state index is 0.134. The number of aryl methyl sites for hydroxylation is 1. The summed E-state index contributed by atoms with van der Waals surface area (Å²) < 4.78 is 28.7. The van der Waals surface area contributed by atoms with Crippen molar-refractivity contribution in [1.29, 1.82) is 0 Å². The van der Waals surface area contributed by atoms with Crippen LogP contribution in [-0.4, -0.2) is 8.42 Å². The molecule has 21 heavy (non-hydrogen) atoms. The van der Waals surface area contributed by atoms with E-state index in [9.17, 15) is 8.42 Å². The largest absolute Gasteiger partial charge is 0.398 e. The highest BCUT2D eigenvalue weighted by Gasteiger charge is 2.19. The first-order chi connectivity index (χ1) is 9.70. The molecule has 0 aliphatic heterocycles. The van der Waals surface area contributed by atoms with Crippen LogP contribution >= 0.6 is 43.5 Å². The summed E-state index contributed by atoms with van der Waals surface area (Å²) in [6.45, 7) is 1.70. The van der Waals surface area contributed by atoms with Crippen molar-refractivity contribution in [1.82, 2.24) is 0 Å². The third-order valence-corrected chi connectivity index (χ3v) is 6.18. The maximum atomic E-state index is 12.5. The molecular formula is C13H11Br2ClN2O2S. The second-order valence-corrected chi connectivity index (χ2v) is 8.14. The summed E-state index contributed by atoms with van der Waals surface area (Å²) in [5, 5.41) is 0.502. The van der Waals surface area contributed by atoms with Gasteiger partial charge in [0.1, 0.15) is 0 Å². The lowest BCUT2D eigenvalue weighted by Gasteiger charge is -2.12. The molecule has 112 valence electrons. The van der Waals surface area contributed by atoms with E-state index in [-0.39, 0.29) is 4.90 Å². The van der Waals surface area contributed by atoms with E-state index in [0.717, 1.165) is 0 Å². The standard InChI is InChI=1S/C13H11Br2ClN2O2S/c1-7-4-10(15)12(17)6-13(7)21(19,20)18-8-2-3-11(16)9(14)5-8/h2-6,18H,17H2,1H3. The topological polar surface area (TPSA) is 72.2 Å². The molecule has 2 rings (SSSR count). The molecule has 0 saturated carbocycles. The molecule has 2 aromatic carbocycles. The van der Waals surface area contributed by atoms with E-state index in [4.69, 9.17) is 17.3 Å². The van der Waals surface area contributed by atoms with Crippen LogP contribution < -0.4 is 10.5 Å². The number of benzene rings is 2. The number of nitrogens with two attached hydrogens (primary N) is 1. The normalized spacial score (nSPS) is 11.4. The van der Waals surface area contributed by atoms with Gasteiger partial charge in [0.15, 0.2) is 0 Å². The van der Waals surface area contributed by atoms with Crippen molar-refractivity contribution in [3.05, 3.63) is 49.9 Å². The summed E-state index contributed by atoms with van der Waals surface area (Å²) in [6, 6.07) is 7.88. The molecular weight excluding hydrogens is 443 g/mol. The van der Waals surface area contributed by atoms with Crippen LogP contribution in [0.1, 0.15) is 5.56 Å². The molecule has 0 aliphatic rings. The lowest BCUT2D eigenvalue weighted by atomic mass is 10.2. The molecule has 3 N–H and O–H groups in total. The van der Waals surface area contributed by atoms with Crippen LogP contribution in [0.4, 0.5) is 11.4 Å². The number of hydrogen-bond donors (Lipinski definition) is 2. The predicted molar refractivity (Wildman–Crippen MR) is 93.3 cm³/mol. The van der Waals surface area contributed by atoms with Gasteiger partial charge in [0, 0.05) is 14.6 Å². The Hall–Kier alpha value is -0.760. The summed E-state index contributed by atoms with van der Waals surface area (Å²) in [6.07, 6.45) is 0. The van der Waals surface area contributed by atoms with Crippen LogP contribution in [0.3, 0.4) is 0 Å². The Kier molecular flexibility index (Phi) is 4.87. The fraction of sp³-hybridized carbons (Fsp3) is 0.0769. The second-order valence-electron chi connectivity index (χ2n) is 4.37. The van der Waals surface area contributed by atoms with Crippen LogP contribution in [0, 0.1) is 6.92 Å². The van der Waals surface area contributed by atoms with E-state index < -0.39 is 10.0 Å². The fourth-order valence-corrected chi connectivity index (χ4v) is 3.99. The number of hydrogen-bond acceptors (Lipinski definition) is 3. The third-order valence-electron chi connectivity index (χ3n) is 2.76. The Bertz CT molecular complexity index is 810. The summed E-state index contributed by atoms with van der Waals surface area (Å²) in [4.78, 5) is 0.134. The molecule has 4 nitrogen and oxygen atoms in total. The summed E-state index contributed by atoms with van der Waals surface area (Å²) in [5.41, 5.74) is 7.12. The lowest BCUT2D eigenvalue weighted by molar-refractivity contribution is 0.600. The van der Waals surface area contributed by atoms with Crippen molar-refractivity contribution in [3.8, 4) is 0 Å². The Morgan fingerprint density at radius 3 is 2.43 bits per heavy atom. The quantitative estimate of drug-likeness (QED) is 0.668. The van der Waals surface area contributed by atoms with Crippen molar-refractivity contribution in [3.63, 3.8) is 0 Å². The number of rotatable bonds is 3. The van der Waals surface area contributed by atoms with E-state index in [1.807, 2.05) is 0 Å². The van der Waals surface area contributed by atoms with Gasteiger partial charge in [-0.25, -0.2) is 8.42 Å². The van der Waals surface area contributed by atoms with Crippen molar-refractivity contribution in [2.75, 3.05) is 10.5 Å². The van der Waals surface area contributed by atoms with Gasteiger partial charge in [-0.1, -0.05) is 11.6 Å². The monoisotopic (exact) mass is 452 g/mol. The summed E-state index contributed by atoms with van der Waals surface area (Å²) in [7, 11) is -3.73. The lowest BCUT2D eigenvalue weighted by Crippen LogP contribution is -2.14. The molecule has 0 amide bonds. The van der Waals surface area contributed by atoms with Crippen LogP contribution in [0.25, 0.3) is 0 Å². The maximum Gasteiger partial charge on any atom is 0.262 e. The molecule has 2 aromatic rings. The zero-order valence-corrected chi connectivity index (χ0v) is 15.6. The van der Waals surface area contributed by atoms with Crippen LogP contribution in [0.5, 0.6) is 0 Å². The summed E-state index contributed by atoms with van der Waals surface area (Å²) >= 11 is 12.4. The average Bonchev–Trinajstić information content (AvgIpc) is 2.37. The molecule has 0 atom stereocenters. The Balaban J connectivity index is 2.43. The van der Waals surface area contributed by atoms with Crippen molar-refractivity contribution in [2.24, 2.45) is 0 Å². The van der Waals surface area contributed by atoms with Crippen molar-refractivity contribution >= 4 is 64.9 Å². The van der Waals surface area contributed by atoms with Crippen LogP contribution in [0.15, 0.2) is 44.2 Å². The van der Waals surface area contributed by atoms with Crippen molar-refractivity contribution < 1.29 is 8.42 Å². The Morgan fingerprint density at radius 1 is 1.14 bits per heavy atom. The highest BCUT2D eigenvalue weighted by Crippen LogP contribution is 2.30. The van der Waals surface area contributed by atoms with Gasteiger partial charge in [-0.3, -0.25) is 4.72 Å². The molecule has 0 aliphatic carbocycles. The highest BCUT2D eigenvalue weighted by atomic mass is 79.9. The first kappa shape index (κ1) is 16.6. The zero-order valence-electron chi connectivity index (χ0n) is 10.8. The van der Waals surface area contributed by atoms with Gasteiger partial charge in [-0.2, -0.15) is 0 Å². The van der Waals surface area contributed by atoms with Gasteiger partial charge in [0.25, 0.3) is 10.0 Å². The van der Waals surface area contributed by atoms with Gasteiger partial charge in [0.05, 0.1) is 15.6 Å². The SMILES string of the molecule is Cc1cc(Br)c(N)cc1S(=O)(=O)Nc1ccc(Cl)c(Br)c1. The van der Waals surface area contributed by atoms with Gasteiger partial charge in [-0.15, -0.1) is 0 Å². The average molecular weight is 455 g/mol. The first-order valence-electron chi connectivity index (χ1n) is 5.74. The van der Waals surface area contributed by atoms with E-state index in [2.05, 4.69) is 36.6 Å². The number of halogens is 3. The Morgan fingerprint density at radius 2 is 1.81 bits per heavy atom. The number of anilines is 2. The second kappa shape index (κ2) is 6.16. The highest BCUT2D eigenvalue weighted by molar-refractivity contribution is 9.11. The molecule has 8 heteroatoms. The fourth-order valence-electron chi connectivity index (χ4n) is 1.73. The molecule has 0 fully saturated rings. The minimum Gasteiger partial charge on any atom is -0.398 e. The molecule has 0 unspecified atom stereocenters. The van der Waals surface area contributed by atoms with Crippen LogP contribution in [-0.2, 0) is 10.0 Å². The molecule has 0 spiro atoms. The third kappa shape index (κ3) is 3.71. The molecule has 0 heterocycles. The van der Waals surface area contributed by atoms with E-state index in [1.54, 1.807) is 31.2 Å². The van der Waals surface area contributed by atoms with E-state index in [0.29, 0.717) is 30.9 Å². The number of sulfonamides is 1. The van der Waals surface area contributed by atoms with Gasteiger partial charge >= 0.3 is 0 Å². The Labute approximate surface area is 145 Å². The van der Waals surface area contributed by atoms with Gasteiger partial charge in [0.2, 0.25) is 0 Å². The maximum absolute atomic E-state index is 12.5. The minimum atomic E-state index is -3.73. The molecule has 0 bridgehead atoms.